The first kappa shape index (κ1) is 21.3. The number of carbonyl (C=O) groups is 1. The Hall–Kier alpha value is -2.44. The van der Waals surface area contributed by atoms with Crippen LogP contribution < -0.4 is 5.32 Å². The van der Waals surface area contributed by atoms with Gasteiger partial charge in [-0.3, -0.25) is 14.0 Å². The number of aryl methyl sites for hydroxylation is 2. The molecule has 2 aromatic carbocycles. The SMILES string of the molecule is Cn1ncc(CCC(=O)Nc2ccc(CP(=O)(O)O)cc2)c1-c1ccc(Cl)cc1. The van der Waals surface area contributed by atoms with Gasteiger partial charge in [-0.2, -0.15) is 5.10 Å². The van der Waals surface area contributed by atoms with E-state index < -0.39 is 7.60 Å². The number of aromatic nitrogens is 2. The lowest BCUT2D eigenvalue weighted by molar-refractivity contribution is -0.116. The highest BCUT2D eigenvalue weighted by molar-refractivity contribution is 7.50. The highest BCUT2D eigenvalue weighted by atomic mass is 35.5. The number of nitrogens with zero attached hydrogens (tertiary/aromatic N) is 2. The Balaban J connectivity index is 1.62. The first-order valence-electron chi connectivity index (χ1n) is 8.91. The van der Waals surface area contributed by atoms with Crippen molar-refractivity contribution in [3.63, 3.8) is 0 Å². The van der Waals surface area contributed by atoms with Crippen molar-refractivity contribution in [3.05, 3.63) is 70.9 Å². The topological polar surface area (TPSA) is 104 Å². The lowest BCUT2D eigenvalue weighted by Gasteiger charge is -2.09. The summed E-state index contributed by atoms with van der Waals surface area (Å²) in [7, 11) is -2.25. The number of nitrogens with one attached hydrogen (secondary N) is 1. The van der Waals surface area contributed by atoms with E-state index in [9.17, 15) is 9.36 Å². The lowest BCUT2D eigenvalue weighted by atomic mass is 10.0. The van der Waals surface area contributed by atoms with Crippen LogP contribution in [0.4, 0.5) is 5.69 Å². The van der Waals surface area contributed by atoms with E-state index in [0.717, 1.165) is 16.8 Å². The van der Waals surface area contributed by atoms with Gasteiger partial charge < -0.3 is 15.1 Å². The monoisotopic (exact) mass is 433 g/mol. The Morgan fingerprint density at radius 3 is 2.41 bits per heavy atom. The number of hydrogen-bond donors (Lipinski definition) is 3. The third-order valence-electron chi connectivity index (χ3n) is 4.38. The lowest BCUT2D eigenvalue weighted by Crippen LogP contribution is -2.12. The number of halogens is 1. The fraction of sp³-hybridized carbons (Fsp3) is 0.200. The Labute approximate surface area is 173 Å². The van der Waals surface area contributed by atoms with Gasteiger partial charge in [0.15, 0.2) is 0 Å². The van der Waals surface area contributed by atoms with E-state index >= 15 is 0 Å². The zero-order valence-electron chi connectivity index (χ0n) is 15.7. The van der Waals surface area contributed by atoms with Crippen LogP contribution in [0.25, 0.3) is 11.3 Å². The van der Waals surface area contributed by atoms with Crippen LogP contribution in [0.1, 0.15) is 17.5 Å². The highest BCUT2D eigenvalue weighted by Gasteiger charge is 2.15. The number of amides is 1. The summed E-state index contributed by atoms with van der Waals surface area (Å²) in [4.78, 5) is 30.3. The maximum absolute atomic E-state index is 12.3. The minimum Gasteiger partial charge on any atom is -0.326 e. The summed E-state index contributed by atoms with van der Waals surface area (Å²) in [6, 6.07) is 13.9. The summed E-state index contributed by atoms with van der Waals surface area (Å²) in [6.07, 6.45) is 2.23. The molecule has 1 aromatic heterocycles. The van der Waals surface area contributed by atoms with Crippen LogP contribution in [-0.4, -0.2) is 25.5 Å². The third kappa shape index (κ3) is 6.02. The molecule has 0 aliphatic carbocycles. The second-order valence-electron chi connectivity index (χ2n) is 6.72. The van der Waals surface area contributed by atoms with E-state index in [1.165, 1.54) is 0 Å². The molecule has 0 saturated heterocycles. The fourth-order valence-corrected chi connectivity index (χ4v) is 3.86. The van der Waals surface area contributed by atoms with Gasteiger partial charge in [-0.1, -0.05) is 35.9 Å². The first-order valence-corrected chi connectivity index (χ1v) is 11.1. The third-order valence-corrected chi connectivity index (χ3v) is 5.41. The number of rotatable bonds is 7. The van der Waals surface area contributed by atoms with Crippen LogP contribution in [0.5, 0.6) is 0 Å². The minimum atomic E-state index is -4.11. The fourth-order valence-electron chi connectivity index (χ4n) is 3.05. The molecule has 1 heterocycles. The van der Waals surface area contributed by atoms with E-state index in [0.29, 0.717) is 22.7 Å². The van der Waals surface area contributed by atoms with Crippen LogP contribution in [0.15, 0.2) is 54.7 Å². The second-order valence-corrected chi connectivity index (χ2v) is 8.80. The molecule has 0 bridgehead atoms. The van der Waals surface area contributed by atoms with Crippen molar-refractivity contribution in [1.29, 1.82) is 0 Å². The van der Waals surface area contributed by atoms with Crippen molar-refractivity contribution in [2.75, 3.05) is 5.32 Å². The molecule has 9 heteroatoms. The highest BCUT2D eigenvalue weighted by Crippen LogP contribution is 2.39. The van der Waals surface area contributed by atoms with Crippen LogP contribution in [0.3, 0.4) is 0 Å². The number of carbonyl (C=O) groups excluding carboxylic acids is 1. The number of benzene rings is 2. The van der Waals surface area contributed by atoms with E-state index in [2.05, 4.69) is 10.4 Å². The number of anilines is 1. The molecule has 1 amide bonds. The van der Waals surface area contributed by atoms with E-state index in [-0.39, 0.29) is 18.5 Å². The molecule has 3 rings (SSSR count). The van der Waals surface area contributed by atoms with Crippen LogP contribution in [0.2, 0.25) is 5.02 Å². The summed E-state index contributed by atoms with van der Waals surface area (Å²) in [5.41, 5.74) is 3.97. The van der Waals surface area contributed by atoms with Gasteiger partial charge in [0.2, 0.25) is 5.91 Å². The van der Waals surface area contributed by atoms with Gasteiger partial charge in [0.05, 0.1) is 18.1 Å². The van der Waals surface area contributed by atoms with E-state index in [4.69, 9.17) is 21.4 Å². The standard InChI is InChI=1S/C20H21ClN3O4P/c1-24-20(15-4-7-17(21)8-5-15)16(12-22-24)6-11-19(25)23-18-9-2-14(3-10-18)13-29(26,27)28/h2-5,7-10,12H,6,11,13H2,1H3,(H,23,25)(H2,26,27,28). The summed E-state index contributed by atoms with van der Waals surface area (Å²) < 4.78 is 12.8. The van der Waals surface area contributed by atoms with Gasteiger partial charge in [-0.25, -0.2) is 0 Å². The molecule has 0 radical (unpaired) electrons. The maximum Gasteiger partial charge on any atom is 0.329 e. The molecule has 0 aliphatic heterocycles. The maximum atomic E-state index is 12.3. The van der Waals surface area contributed by atoms with Gasteiger partial charge >= 0.3 is 7.60 Å². The van der Waals surface area contributed by atoms with Gasteiger partial charge in [-0.15, -0.1) is 0 Å². The second kappa shape index (κ2) is 8.93. The van der Waals surface area contributed by atoms with Crippen LogP contribution >= 0.6 is 19.2 Å². The molecule has 152 valence electrons. The van der Waals surface area contributed by atoms with Gasteiger partial charge in [0.25, 0.3) is 0 Å². The molecular weight excluding hydrogens is 413 g/mol. The molecule has 0 fully saturated rings. The largest absolute Gasteiger partial charge is 0.329 e. The molecule has 0 atom stereocenters. The van der Waals surface area contributed by atoms with Crippen molar-refractivity contribution >= 4 is 30.8 Å². The van der Waals surface area contributed by atoms with Crippen molar-refractivity contribution in [2.45, 2.75) is 19.0 Å². The minimum absolute atomic E-state index is 0.154. The Morgan fingerprint density at radius 1 is 1.14 bits per heavy atom. The Bertz CT molecular complexity index is 1040. The summed E-state index contributed by atoms with van der Waals surface area (Å²) >= 11 is 5.96. The van der Waals surface area contributed by atoms with E-state index in [1.54, 1.807) is 35.1 Å². The smallest absolute Gasteiger partial charge is 0.326 e. The van der Waals surface area contributed by atoms with Crippen molar-refractivity contribution in [2.24, 2.45) is 7.05 Å². The molecule has 0 aliphatic rings. The van der Waals surface area contributed by atoms with Crippen molar-refractivity contribution in [1.82, 2.24) is 9.78 Å². The predicted octanol–water partition coefficient (Wildman–Crippen LogP) is 3.99. The predicted molar refractivity (Wildman–Crippen MR) is 113 cm³/mol. The van der Waals surface area contributed by atoms with Gasteiger partial charge in [0, 0.05) is 29.7 Å². The molecule has 0 unspecified atom stereocenters. The Kier molecular flexibility index (Phi) is 6.55. The molecule has 3 N–H and O–H groups in total. The van der Waals surface area contributed by atoms with Crippen LogP contribution in [-0.2, 0) is 29.0 Å². The quantitative estimate of drug-likeness (QED) is 0.489. The average molecular weight is 434 g/mol. The summed E-state index contributed by atoms with van der Waals surface area (Å²) in [5.74, 6) is -0.154. The van der Waals surface area contributed by atoms with Crippen LogP contribution in [0, 0.1) is 0 Å². The average Bonchev–Trinajstić information content (AvgIpc) is 3.02. The normalized spacial score (nSPS) is 11.4. The molecule has 29 heavy (non-hydrogen) atoms. The van der Waals surface area contributed by atoms with Gasteiger partial charge in [-0.05, 0) is 41.8 Å². The van der Waals surface area contributed by atoms with E-state index in [1.807, 2.05) is 31.3 Å². The molecular formula is C20H21ClN3O4P. The molecule has 3 aromatic rings. The first-order chi connectivity index (χ1) is 13.7. The molecule has 0 spiro atoms. The molecule has 0 saturated carbocycles. The van der Waals surface area contributed by atoms with Crippen molar-refractivity contribution in [3.8, 4) is 11.3 Å². The summed E-state index contributed by atoms with van der Waals surface area (Å²) in [5, 5.41) is 7.76. The van der Waals surface area contributed by atoms with Gasteiger partial charge in [0.1, 0.15) is 0 Å². The van der Waals surface area contributed by atoms with Crippen molar-refractivity contribution < 1.29 is 19.1 Å². The summed E-state index contributed by atoms with van der Waals surface area (Å²) in [6.45, 7) is 0. The molecule has 7 nitrogen and oxygen atoms in total. The zero-order valence-corrected chi connectivity index (χ0v) is 17.4. The number of hydrogen-bond acceptors (Lipinski definition) is 3. The zero-order chi connectivity index (χ0) is 21.0. The Morgan fingerprint density at radius 2 is 1.79 bits per heavy atom.